The van der Waals surface area contributed by atoms with E-state index in [0.717, 1.165) is 33.7 Å². The number of imidazole rings is 1. The maximum atomic E-state index is 11.2. The number of H-pyrrole nitrogens is 1. The molecule has 1 aliphatic rings. The maximum Gasteiger partial charge on any atom is 0.313 e. The van der Waals surface area contributed by atoms with E-state index < -0.39 is 11.4 Å². The van der Waals surface area contributed by atoms with Crippen LogP contribution in [0.1, 0.15) is 12.8 Å². The third-order valence-corrected chi connectivity index (χ3v) is 5.55. The Hall–Kier alpha value is -3.45. The van der Waals surface area contributed by atoms with Crippen LogP contribution < -0.4 is 4.74 Å². The third-order valence-electron chi connectivity index (χ3n) is 5.32. The highest BCUT2D eigenvalue weighted by atomic mass is 35.5. The van der Waals surface area contributed by atoms with Crippen LogP contribution in [0, 0.1) is 5.41 Å². The van der Waals surface area contributed by atoms with Gasteiger partial charge < -0.3 is 14.8 Å². The van der Waals surface area contributed by atoms with Crippen molar-refractivity contribution in [2.75, 3.05) is 6.61 Å². The molecule has 2 N–H and O–H groups in total. The molecule has 30 heavy (non-hydrogen) atoms. The van der Waals surface area contributed by atoms with Gasteiger partial charge in [0.15, 0.2) is 0 Å². The molecule has 1 fully saturated rings. The third kappa shape index (κ3) is 3.48. The van der Waals surface area contributed by atoms with Crippen LogP contribution in [0.5, 0.6) is 5.88 Å². The van der Waals surface area contributed by atoms with Gasteiger partial charge in [-0.25, -0.2) is 9.97 Å². The number of benzene rings is 1. The molecule has 1 saturated carbocycles. The van der Waals surface area contributed by atoms with Crippen LogP contribution >= 0.6 is 11.6 Å². The number of fused-ring (bicyclic) bond motifs is 1. The number of pyridine rings is 2. The van der Waals surface area contributed by atoms with Crippen molar-refractivity contribution >= 4 is 28.6 Å². The van der Waals surface area contributed by atoms with Gasteiger partial charge in [0.25, 0.3) is 0 Å². The molecule has 0 aliphatic heterocycles. The molecule has 3 aromatic heterocycles. The summed E-state index contributed by atoms with van der Waals surface area (Å²) in [6.45, 7) is 0.143. The second-order valence-corrected chi connectivity index (χ2v) is 7.87. The van der Waals surface area contributed by atoms with Gasteiger partial charge in [-0.05, 0) is 49.2 Å². The zero-order chi connectivity index (χ0) is 20.7. The molecule has 5 rings (SSSR count). The monoisotopic (exact) mass is 420 g/mol. The second kappa shape index (κ2) is 7.11. The number of ether oxygens (including phenoxy) is 1. The van der Waals surface area contributed by atoms with Crippen molar-refractivity contribution in [3.63, 3.8) is 0 Å². The molecule has 0 bridgehead atoms. The largest absolute Gasteiger partial charge is 0.481 e. The standard InChI is InChI=1S/C22H17ClN4O3/c23-15-3-5-17-18(9-15)27-20(26-17)14-1-4-16(24-11-14)13-2-6-19(25-10-13)30-12-22(7-8-22)21(28)29/h1-6,9-11H,7-8,12H2,(H,26,27)(H,28,29). The summed E-state index contributed by atoms with van der Waals surface area (Å²) in [5, 5.41) is 9.87. The molecule has 3 heterocycles. The SMILES string of the molecule is O=C(O)C1(COc2ccc(-c3ccc(-c4nc5ccc(Cl)cc5[nH]4)cn3)cn2)CC1. The Bertz CT molecular complexity index is 1230. The maximum absolute atomic E-state index is 11.2. The molecule has 1 aromatic carbocycles. The van der Waals surface area contributed by atoms with Crippen molar-refractivity contribution in [2.45, 2.75) is 12.8 Å². The second-order valence-electron chi connectivity index (χ2n) is 7.44. The lowest BCUT2D eigenvalue weighted by Gasteiger charge is -2.11. The van der Waals surface area contributed by atoms with E-state index in [0.29, 0.717) is 23.7 Å². The van der Waals surface area contributed by atoms with E-state index in [1.165, 1.54) is 0 Å². The van der Waals surface area contributed by atoms with Crippen LogP contribution in [-0.2, 0) is 4.79 Å². The summed E-state index contributed by atoms with van der Waals surface area (Å²) in [4.78, 5) is 27.8. The molecule has 0 atom stereocenters. The Labute approximate surface area is 176 Å². The van der Waals surface area contributed by atoms with Gasteiger partial charge in [-0.1, -0.05) is 11.6 Å². The first-order valence-electron chi connectivity index (χ1n) is 9.47. The molecular weight excluding hydrogens is 404 g/mol. The molecule has 0 radical (unpaired) electrons. The van der Waals surface area contributed by atoms with Crippen molar-refractivity contribution in [3.8, 4) is 28.5 Å². The normalized spacial score (nSPS) is 14.6. The van der Waals surface area contributed by atoms with E-state index in [4.69, 9.17) is 16.3 Å². The van der Waals surface area contributed by atoms with Crippen molar-refractivity contribution < 1.29 is 14.6 Å². The Morgan fingerprint density at radius 2 is 1.90 bits per heavy atom. The first-order valence-corrected chi connectivity index (χ1v) is 9.85. The summed E-state index contributed by atoms with van der Waals surface area (Å²) >= 11 is 6.03. The van der Waals surface area contributed by atoms with Gasteiger partial charge in [-0.3, -0.25) is 9.78 Å². The minimum absolute atomic E-state index is 0.143. The van der Waals surface area contributed by atoms with Gasteiger partial charge in [0.2, 0.25) is 5.88 Å². The fraction of sp³-hybridized carbons (Fsp3) is 0.182. The lowest BCUT2D eigenvalue weighted by Crippen LogP contribution is -2.23. The fourth-order valence-electron chi connectivity index (χ4n) is 3.22. The Balaban J connectivity index is 1.30. The van der Waals surface area contributed by atoms with Crippen LogP contribution in [0.2, 0.25) is 5.02 Å². The number of aliphatic carboxylic acids is 1. The number of rotatable bonds is 6. The summed E-state index contributed by atoms with van der Waals surface area (Å²) in [7, 11) is 0. The molecule has 0 saturated heterocycles. The van der Waals surface area contributed by atoms with Crippen molar-refractivity contribution in [1.82, 2.24) is 19.9 Å². The molecular formula is C22H17ClN4O3. The highest BCUT2D eigenvalue weighted by Gasteiger charge is 2.51. The average molecular weight is 421 g/mol. The predicted molar refractivity (Wildman–Crippen MR) is 112 cm³/mol. The lowest BCUT2D eigenvalue weighted by atomic mass is 10.1. The van der Waals surface area contributed by atoms with E-state index in [2.05, 4.69) is 19.9 Å². The number of carboxylic acid groups (broad SMARTS) is 1. The number of carboxylic acids is 1. The van der Waals surface area contributed by atoms with Crippen molar-refractivity contribution in [2.24, 2.45) is 5.41 Å². The molecule has 0 amide bonds. The van der Waals surface area contributed by atoms with Crippen molar-refractivity contribution in [1.29, 1.82) is 0 Å². The van der Waals surface area contributed by atoms with E-state index in [1.54, 1.807) is 18.5 Å². The smallest absolute Gasteiger partial charge is 0.313 e. The summed E-state index contributed by atoms with van der Waals surface area (Å²) in [6.07, 6.45) is 4.72. The summed E-state index contributed by atoms with van der Waals surface area (Å²) in [5.41, 5.74) is 3.44. The number of hydrogen-bond acceptors (Lipinski definition) is 5. The Morgan fingerprint density at radius 3 is 2.57 bits per heavy atom. The minimum Gasteiger partial charge on any atom is -0.481 e. The molecule has 8 heteroatoms. The summed E-state index contributed by atoms with van der Waals surface area (Å²) in [5.74, 6) is 0.320. The van der Waals surface area contributed by atoms with E-state index in [-0.39, 0.29) is 6.61 Å². The van der Waals surface area contributed by atoms with Gasteiger partial charge in [0.1, 0.15) is 17.8 Å². The first kappa shape index (κ1) is 18.6. The first-order chi connectivity index (χ1) is 14.5. The van der Waals surface area contributed by atoms with Gasteiger partial charge in [-0.15, -0.1) is 0 Å². The minimum atomic E-state index is -0.809. The molecule has 4 aromatic rings. The van der Waals surface area contributed by atoms with Crippen LogP contribution in [0.25, 0.3) is 33.7 Å². The predicted octanol–water partition coefficient (Wildman–Crippen LogP) is 4.58. The molecule has 7 nitrogen and oxygen atoms in total. The van der Waals surface area contributed by atoms with E-state index in [1.807, 2.05) is 36.4 Å². The van der Waals surface area contributed by atoms with Gasteiger partial charge in [-0.2, -0.15) is 0 Å². The molecule has 0 unspecified atom stereocenters. The lowest BCUT2D eigenvalue weighted by molar-refractivity contribution is -0.144. The van der Waals surface area contributed by atoms with E-state index in [9.17, 15) is 9.90 Å². The van der Waals surface area contributed by atoms with E-state index >= 15 is 0 Å². The number of hydrogen-bond donors (Lipinski definition) is 2. The van der Waals surface area contributed by atoms with Crippen LogP contribution in [0.4, 0.5) is 0 Å². The topological polar surface area (TPSA) is 101 Å². The molecule has 150 valence electrons. The van der Waals surface area contributed by atoms with Crippen LogP contribution in [0.3, 0.4) is 0 Å². The zero-order valence-corrected chi connectivity index (χ0v) is 16.6. The summed E-state index contributed by atoms with van der Waals surface area (Å²) < 4.78 is 5.57. The molecule has 1 aliphatic carbocycles. The van der Waals surface area contributed by atoms with Crippen molar-refractivity contribution in [3.05, 3.63) is 59.9 Å². The quantitative estimate of drug-likeness (QED) is 0.473. The Kier molecular flexibility index (Phi) is 4.40. The number of aromatic amines is 1. The van der Waals surface area contributed by atoms with Gasteiger partial charge in [0, 0.05) is 34.6 Å². The average Bonchev–Trinajstić information content (AvgIpc) is 3.45. The van der Waals surface area contributed by atoms with Gasteiger partial charge in [0.05, 0.1) is 16.7 Å². The van der Waals surface area contributed by atoms with Crippen LogP contribution in [-0.4, -0.2) is 37.6 Å². The zero-order valence-electron chi connectivity index (χ0n) is 15.8. The summed E-state index contributed by atoms with van der Waals surface area (Å²) in [6, 6.07) is 12.9. The van der Waals surface area contributed by atoms with Crippen LogP contribution in [0.15, 0.2) is 54.9 Å². The van der Waals surface area contributed by atoms with Gasteiger partial charge >= 0.3 is 5.97 Å². The number of aromatic nitrogens is 4. The highest BCUT2D eigenvalue weighted by molar-refractivity contribution is 6.31. The number of halogens is 1. The number of nitrogens with one attached hydrogen (secondary N) is 1. The Morgan fingerprint density at radius 1 is 1.10 bits per heavy atom. The number of nitrogens with zero attached hydrogens (tertiary/aromatic N) is 3. The highest BCUT2D eigenvalue weighted by Crippen LogP contribution is 2.46. The fourth-order valence-corrected chi connectivity index (χ4v) is 3.40. The number of carbonyl (C=O) groups is 1. The molecule has 0 spiro atoms.